The van der Waals surface area contributed by atoms with Gasteiger partial charge in [0, 0.05) is 17.0 Å². The topological polar surface area (TPSA) is 12.0 Å². The maximum absolute atomic E-state index is 3.92. The lowest BCUT2D eigenvalue weighted by atomic mass is 9.81. The molecule has 2 atom stereocenters. The third-order valence-corrected chi connectivity index (χ3v) is 8.05. The highest BCUT2D eigenvalue weighted by Crippen LogP contribution is 2.39. The Hall–Kier alpha value is -5.14. The molecule has 41 heavy (non-hydrogen) atoms. The zero-order valence-electron chi connectivity index (χ0n) is 22.8. The Morgan fingerprint density at radius 3 is 1.83 bits per heavy atom. The quantitative estimate of drug-likeness (QED) is 0.228. The van der Waals surface area contributed by atoms with Crippen molar-refractivity contribution in [2.75, 3.05) is 5.32 Å². The van der Waals surface area contributed by atoms with Crippen molar-refractivity contribution < 1.29 is 0 Å². The molecule has 0 saturated heterocycles. The summed E-state index contributed by atoms with van der Waals surface area (Å²) in [6.45, 7) is 0. The van der Waals surface area contributed by atoms with E-state index in [1.54, 1.807) is 0 Å². The van der Waals surface area contributed by atoms with E-state index < -0.39 is 0 Å². The lowest BCUT2D eigenvalue weighted by molar-refractivity contribution is 0.760. The van der Waals surface area contributed by atoms with Gasteiger partial charge in [0.1, 0.15) is 0 Å². The average molecular weight is 526 g/mol. The van der Waals surface area contributed by atoms with Gasteiger partial charge in [0.2, 0.25) is 0 Å². The van der Waals surface area contributed by atoms with Gasteiger partial charge in [-0.1, -0.05) is 158 Å². The highest BCUT2D eigenvalue weighted by Gasteiger charge is 2.25. The van der Waals surface area contributed by atoms with Crippen LogP contribution in [0.3, 0.4) is 0 Å². The van der Waals surface area contributed by atoms with Crippen LogP contribution in [0.5, 0.6) is 0 Å². The molecule has 0 radical (unpaired) electrons. The van der Waals surface area contributed by atoms with E-state index in [9.17, 15) is 0 Å². The molecule has 1 aliphatic carbocycles. The second kappa shape index (κ2) is 11.2. The molecule has 0 aromatic heterocycles. The Morgan fingerprint density at radius 1 is 0.488 bits per heavy atom. The Balaban J connectivity index is 1.36. The molecule has 196 valence electrons. The number of anilines is 1. The van der Waals surface area contributed by atoms with Crippen LogP contribution in [0.2, 0.25) is 0 Å². The van der Waals surface area contributed by atoms with Crippen molar-refractivity contribution in [3.63, 3.8) is 0 Å². The SMILES string of the molecule is C1=CC(Nc2cccc3ccccc23)C(c2ccc(-c3ccccc3)c(-c3ccccc3)c2)C=C1c1ccccc1. The van der Waals surface area contributed by atoms with Crippen LogP contribution in [0, 0.1) is 0 Å². The third-order valence-electron chi connectivity index (χ3n) is 8.05. The van der Waals surface area contributed by atoms with E-state index >= 15 is 0 Å². The van der Waals surface area contributed by atoms with Crippen LogP contribution in [0.1, 0.15) is 17.0 Å². The molecule has 0 bridgehead atoms. The van der Waals surface area contributed by atoms with Gasteiger partial charge >= 0.3 is 0 Å². The molecule has 0 spiro atoms. The molecule has 6 aromatic carbocycles. The fourth-order valence-corrected chi connectivity index (χ4v) is 5.97. The first-order chi connectivity index (χ1) is 20.3. The van der Waals surface area contributed by atoms with E-state index in [0.29, 0.717) is 0 Å². The number of allylic oxidation sites excluding steroid dienone is 2. The van der Waals surface area contributed by atoms with Crippen molar-refractivity contribution in [1.29, 1.82) is 0 Å². The van der Waals surface area contributed by atoms with Gasteiger partial charge in [-0.2, -0.15) is 0 Å². The molecular weight excluding hydrogens is 494 g/mol. The maximum Gasteiger partial charge on any atom is 0.0551 e. The van der Waals surface area contributed by atoms with Gasteiger partial charge < -0.3 is 5.32 Å². The zero-order chi connectivity index (χ0) is 27.4. The number of rotatable bonds is 6. The second-order valence-electron chi connectivity index (χ2n) is 10.6. The van der Waals surface area contributed by atoms with Crippen LogP contribution in [0.25, 0.3) is 38.6 Å². The van der Waals surface area contributed by atoms with Gasteiger partial charge in [-0.05, 0) is 56.5 Å². The zero-order valence-corrected chi connectivity index (χ0v) is 22.8. The van der Waals surface area contributed by atoms with E-state index in [1.807, 2.05) is 0 Å². The summed E-state index contributed by atoms with van der Waals surface area (Å²) in [5.41, 5.74) is 9.89. The number of fused-ring (bicyclic) bond motifs is 1. The first-order valence-electron chi connectivity index (χ1n) is 14.3. The van der Waals surface area contributed by atoms with Gasteiger partial charge in [-0.25, -0.2) is 0 Å². The molecule has 0 saturated carbocycles. The van der Waals surface area contributed by atoms with Crippen molar-refractivity contribution in [1.82, 2.24) is 0 Å². The Bertz CT molecular complexity index is 1840. The van der Waals surface area contributed by atoms with Gasteiger partial charge in [0.25, 0.3) is 0 Å². The molecule has 1 N–H and O–H groups in total. The van der Waals surface area contributed by atoms with Gasteiger partial charge in [-0.3, -0.25) is 0 Å². The molecule has 1 aliphatic rings. The van der Waals surface area contributed by atoms with Crippen molar-refractivity contribution in [2.24, 2.45) is 0 Å². The summed E-state index contributed by atoms with van der Waals surface area (Å²) in [5, 5.41) is 6.40. The fraction of sp³-hybridized carbons (Fsp3) is 0.0500. The first kappa shape index (κ1) is 24.9. The smallest absolute Gasteiger partial charge is 0.0551 e. The summed E-state index contributed by atoms with van der Waals surface area (Å²) in [7, 11) is 0. The lowest BCUT2D eigenvalue weighted by Crippen LogP contribution is -2.26. The molecule has 1 heteroatoms. The molecule has 0 fully saturated rings. The predicted molar refractivity (Wildman–Crippen MR) is 175 cm³/mol. The predicted octanol–water partition coefficient (Wildman–Crippen LogP) is 10.4. The molecule has 2 unspecified atom stereocenters. The number of hydrogen-bond donors (Lipinski definition) is 1. The van der Waals surface area contributed by atoms with E-state index in [4.69, 9.17) is 0 Å². The second-order valence-corrected chi connectivity index (χ2v) is 10.6. The highest BCUT2D eigenvalue weighted by molar-refractivity contribution is 5.94. The minimum absolute atomic E-state index is 0.0967. The van der Waals surface area contributed by atoms with Gasteiger partial charge in [0.05, 0.1) is 6.04 Å². The minimum atomic E-state index is 0.0967. The normalized spacial score (nSPS) is 16.3. The number of hydrogen-bond acceptors (Lipinski definition) is 1. The summed E-state index contributed by atoms with van der Waals surface area (Å²) in [6.07, 6.45) is 7.04. The van der Waals surface area contributed by atoms with Gasteiger partial charge in [-0.15, -0.1) is 0 Å². The summed E-state index contributed by atoms with van der Waals surface area (Å²) in [5.74, 6) is 0.140. The highest BCUT2D eigenvalue weighted by atomic mass is 14.9. The van der Waals surface area contributed by atoms with Crippen molar-refractivity contribution in [3.05, 3.63) is 181 Å². The summed E-state index contributed by atoms with van der Waals surface area (Å²) in [4.78, 5) is 0. The third kappa shape index (κ3) is 5.11. The number of benzene rings is 6. The molecule has 6 aromatic rings. The Morgan fingerprint density at radius 2 is 1.10 bits per heavy atom. The molecule has 7 rings (SSSR count). The minimum Gasteiger partial charge on any atom is -0.377 e. The molecular formula is C40H31N. The van der Waals surface area contributed by atoms with Gasteiger partial charge in [0.15, 0.2) is 0 Å². The largest absolute Gasteiger partial charge is 0.377 e. The standard InChI is InChI=1S/C40H31N/c1-4-13-29(14-5-1)33-24-26-40(41-39-22-12-20-31-19-10-11-21-36(31)39)38(27-33)34-23-25-35(30-15-6-2-7-16-30)37(28-34)32-17-8-3-9-18-32/h1-28,38,40-41H. The van der Waals surface area contributed by atoms with E-state index in [-0.39, 0.29) is 12.0 Å². The maximum atomic E-state index is 3.92. The molecule has 0 amide bonds. The van der Waals surface area contributed by atoms with Crippen molar-refractivity contribution in [3.8, 4) is 22.3 Å². The Labute approximate surface area is 242 Å². The van der Waals surface area contributed by atoms with Crippen LogP contribution in [0.4, 0.5) is 5.69 Å². The van der Waals surface area contributed by atoms with Crippen LogP contribution in [-0.4, -0.2) is 6.04 Å². The first-order valence-corrected chi connectivity index (χ1v) is 14.3. The van der Waals surface area contributed by atoms with Crippen LogP contribution >= 0.6 is 0 Å². The van der Waals surface area contributed by atoms with E-state index in [0.717, 1.165) is 5.69 Å². The summed E-state index contributed by atoms with van der Waals surface area (Å²) in [6, 6.07) is 54.4. The Kier molecular flexibility index (Phi) is 6.77. The van der Waals surface area contributed by atoms with E-state index in [2.05, 4.69) is 175 Å². The van der Waals surface area contributed by atoms with Crippen molar-refractivity contribution >= 4 is 22.0 Å². The monoisotopic (exact) mass is 525 g/mol. The fourth-order valence-electron chi connectivity index (χ4n) is 5.97. The van der Waals surface area contributed by atoms with Crippen molar-refractivity contribution in [2.45, 2.75) is 12.0 Å². The van der Waals surface area contributed by atoms with Crippen LogP contribution < -0.4 is 5.32 Å². The molecule has 0 heterocycles. The lowest BCUT2D eigenvalue weighted by Gasteiger charge is -2.30. The molecule has 0 aliphatic heterocycles. The summed E-state index contributed by atoms with van der Waals surface area (Å²) < 4.78 is 0. The van der Waals surface area contributed by atoms with E-state index in [1.165, 1.54) is 49.7 Å². The molecule has 1 nitrogen and oxygen atoms in total. The number of nitrogens with one attached hydrogen (secondary N) is 1. The van der Waals surface area contributed by atoms with Crippen LogP contribution in [0.15, 0.2) is 170 Å². The summed E-state index contributed by atoms with van der Waals surface area (Å²) >= 11 is 0. The van der Waals surface area contributed by atoms with Crippen LogP contribution in [-0.2, 0) is 0 Å². The average Bonchev–Trinajstić information content (AvgIpc) is 3.06.